The molecule has 0 bridgehead atoms. The number of nitrogens with two attached hydrogens (primary N) is 1. The van der Waals surface area contributed by atoms with E-state index in [0.29, 0.717) is 10.9 Å². The maximum atomic E-state index is 12.1. The molecule has 0 saturated carbocycles. The Morgan fingerprint density at radius 2 is 1.92 bits per heavy atom. The lowest BCUT2D eigenvalue weighted by atomic mass is 10.2. The summed E-state index contributed by atoms with van der Waals surface area (Å²) in [5, 5.41) is 5.23. The Morgan fingerprint density at radius 1 is 1.24 bits per heavy atom. The zero-order valence-electron chi connectivity index (χ0n) is 12.6. The number of carbonyl (C=O) groups is 1. The van der Waals surface area contributed by atoms with E-state index in [1.165, 1.54) is 16.8 Å². The third kappa shape index (κ3) is 3.27. The summed E-state index contributed by atoms with van der Waals surface area (Å²) in [5.74, 6) is -0.888. The Hall–Kier alpha value is -1.61. The number of sulfone groups is 1. The highest BCUT2D eigenvalue weighted by molar-refractivity contribution is 9.10. The van der Waals surface area contributed by atoms with Gasteiger partial charge in [0.05, 0.1) is 26.7 Å². The average molecular weight is 463 g/mol. The summed E-state index contributed by atoms with van der Waals surface area (Å²) in [6, 6.07) is 7.82. The van der Waals surface area contributed by atoms with Crippen molar-refractivity contribution in [2.24, 2.45) is 5.73 Å². The van der Waals surface area contributed by atoms with Gasteiger partial charge in [0.15, 0.2) is 15.0 Å². The molecule has 2 N–H and O–H groups in total. The minimum absolute atomic E-state index is 0.116. The predicted octanol–water partition coefficient (Wildman–Crippen LogP) is 3.60. The highest BCUT2D eigenvalue weighted by Crippen LogP contribution is 2.33. The van der Waals surface area contributed by atoms with E-state index in [4.69, 9.17) is 28.9 Å². The van der Waals surface area contributed by atoms with Gasteiger partial charge < -0.3 is 5.73 Å². The number of fused-ring (bicyclic) bond motifs is 1. The minimum Gasteiger partial charge on any atom is -0.366 e. The van der Waals surface area contributed by atoms with Crippen molar-refractivity contribution in [2.75, 3.05) is 6.26 Å². The molecule has 0 atom stereocenters. The van der Waals surface area contributed by atoms with Crippen LogP contribution in [0.15, 0.2) is 39.7 Å². The van der Waals surface area contributed by atoms with Gasteiger partial charge in [0.2, 0.25) is 5.91 Å². The fraction of sp³-hybridized carbons (Fsp3) is 0.0667. The molecule has 1 amide bonds. The highest BCUT2D eigenvalue weighted by Gasteiger charge is 2.22. The van der Waals surface area contributed by atoms with Crippen LogP contribution < -0.4 is 5.73 Å². The molecule has 6 nitrogen and oxygen atoms in total. The van der Waals surface area contributed by atoms with Crippen molar-refractivity contribution in [2.45, 2.75) is 4.90 Å². The van der Waals surface area contributed by atoms with E-state index in [0.717, 1.165) is 10.7 Å². The number of hydrogen-bond donors (Lipinski definition) is 1. The molecule has 0 aliphatic rings. The van der Waals surface area contributed by atoms with Gasteiger partial charge >= 0.3 is 0 Å². The number of carbonyl (C=O) groups excluding carboxylic acids is 1. The molecule has 0 aliphatic heterocycles. The molecule has 1 aromatic heterocycles. The molecule has 0 unspecified atom stereocenters. The molecule has 3 aromatic rings. The largest absolute Gasteiger partial charge is 0.366 e. The normalized spacial score (nSPS) is 11.8. The topological polar surface area (TPSA) is 95.1 Å². The third-order valence-electron chi connectivity index (χ3n) is 3.54. The van der Waals surface area contributed by atoms with Crippen LogP contribution in [0.3, 0.4) is 0 Å². The zero-order valence-corrected chi connectivity index (χ0v) is 16.5. The maximum absolute atomic E-state index is 12.1. The SMILES string of the molecule is CS(=O)(=O)c1cc(-n2nc(Cl)c3cc(Br)ccc32)c(Cl)cc1C(N)=O. The van der Waals surface area contributed by atoms with Gasteiger partial charge in [-0.25, -0.2) is 13.1 Å². The van der Waals surface area contributed by atoms with Crippen LogP contribution in [0.1, 0.15) is 10.4 Å². The molecule has 0 radical (unpaired) electrons. The van der Waals surface area contributed by atoms with Gasteiger partial charge in [-0.05, 0) is 30.3 Å². The first-order valence-corrected chi connectivity index (χ1v) is 10.2. The quantitative estimate of drug-likeness (QED) is 0.643. The summed E-state index contributed by atoms with van der Waals surface area (Å²) in [5.41, 5.74) is 5.99. The van der Waals surface area contributed by atoms with Crippen LogP contribution in [0.2, 0.25) is 10.2 Å². The van der Waals surface area contributed by atoms with E-state index in [2.05, 4.69) is 21.0 Å². The van der Waals surface area contributed by atoms with Crippen molar-refractivity contribution >= 4 is 65.8 Å². The van der Waals surface area contributed by atoms with Gasteiger partial charge in [-0.2, -0.15) is 5.10 Å². The van der Waals surface area contributed by atoms with E-state index >= 15 is 0 Å². The molecule has 0 saturated heterocycles. The summed E-state index contributed by atoms with van der Waals surface area (Å²) in [4.78, 5) is 11.3. The van der Waals surface area contributed by atoms with Gasteiger partial charge in [-0.15, -0.1) is 0 Å². The number of nitrogens with zero attached hydrogens (tertiary/aromatic N) is 2. The molecule has 0 aliphatic carbocycles. The molecule has 2 aromatic carbocycles. The molecule has 25 heavy (non-hydrogen) atoms. The van der Waals surface area contributed by atoms with E-state index in [1.54, 1.807) is 18.2 Å². The number of amides is 1. The number of primary amides is 1. The van der Waals surface area contributed by atoms with Crippen LogP contribution in [-0.4, -0.2) is 30.4 Å². The monoisotopic (exact) mass is 461 g/mol. The summed E-state index contributed by atoms with van der Waals surface area (Å²) < 4.78 is 26.3. The average Bonchev–Trinajstić information content (AvgIpc) is 2.82. The number of aromatic nitrogens is 2. The van der Waals surface area contributed by atoms with Gasteiger partial charge in [0.25, 0.3) is 0 Å². The van der Waals surface area contributed by atoms with E-state index < -0.39 is 15.7 Å². The molecule has 3 rings (SSSR count). The van der Waals surface area contributed by atoms with Crippen LogP contribution in [0.4, 0.5) is 0 Å². The maximum Gasteiger partial charge on any atom is 0.250 e. The summed E-state index contributed by atoms with van der Waals surface area (Å²) >= 11 is 15.8. The lowest BCUT2D eigenvalue weighted by Crippen LogP contribution is -2.17. The van der Waals surface area contributed by atoms with Crippen LogP contribution in [0, 0.1) is 0 Å². The molecular weight excluding hydrogens is 453 g/mol. The highest BCUT2D eigenvalue weighted by atomic mass is 79.9. The van der Waals surface area contributed by atoms with Crippen LogP contribution in [0.5, 0.6) is 0 Å². The summed E-state index contributed by atoms with van der Waals surface area (Å²) in [7, 11) is -3.72. The Balaban J connectivity index is 2.38. The molecule has 130 valence electrons. The van der Waals surface area contributed by atoms with Crippen molar-refractivity contribution in [3.63, 3.8) is 0 Å². The smallest absolute Gasteiger partial charge is 0.250 e. The second-order valence-corrected chi connectivity index (χ2v) is 8.97. The number of hydrogen-bond acceptors (Lipinski definition) is 4. The Bertz CT molecular complexity index is 1140. The van der Waals surface area contributed by atoms with Crippen molar-refractivity contribution in [1.82, 2.24) is 9.78 Å². The number of rotatable bonds is 3. The summed E-state index contributed by atoms with van der Waals surface area (Å²) in [6.07, 6.45) is 0.984. The fourth-order valence-electron chi connectivity index (χ4n) is 2.44. The Kier molecular flexibility index (Phi) is 4.57. The van der Waals surface area contributed by atoms with Crippen molar-refractivity contribution in [1.29, 1.82) is 0 Å². The minimum atomic E-state index is -3.72. The fourth-order valence-corrected chi connectivity index (χ4v) is 4.16. The molecular formula is C15H10BrCl2N3O3S. The van der Waals surface area contributed by atoms with Gasteiger partial charge in [0.1, 0.15) is 0 Å². The predicted molar refractivity (Wildman–Crippen MR) is 100 cm³/mol. The third-order valence-corrected chi connectivity index (χ3v) is 5.75. The first-order valence-electron chi connectivity index (χ1n) is 6.77. The second-order valence-electron chi connectivity index (χ2n) is 5.30. The first-order chi connectivity index (χ1) is 11.6. The van der Waals surface area contributed by atoms with E-state index in [1.807, 2.05) is 0 Å². The van der Waals surface area contributed by atoms with Gasteiger partial charge in [0, 0.05) is 16.1 Å². The lowest BCUT2D eigenvalue weighted by molar-refractivity contribution is 0.0997. The molecule has 10 heteroatoms. The van der Waals surface area contributed by atoms with E-state index in [9.17, 15) is 13.2 Å². The van der Waals surface area contributed by atoms with Crippen LogP contribution in [0.25, 0.3) is 16.6 Å². The van der Waals surface area contributed by atoms with E-state index in [-0.39, 0.29) is 26.3 Å². The van der Waals surface area contributed by atoms with Gasteiger partial charge in [-0.3, -0.25) is 4.79 Å². The van der Waals surface area contributed by atoms with Crippen molar-refractivity contribution < 1.29 is 13.2 Å². The number of halogens is 3. The lowest BCUT2D eigenvalue weighted by Gasteiger charge is -2.11. The van der Waals surface area contributed by atoms with Gasteiger partial charge in [-0.1, -0.05) is 39.1 Å². The van der Waals surface area contributed by atoms with Crippen molar-refractivity contribution in [3.05, 3.63) is 50.5 Å². The molecule has 0 spiro atoms. The number of benzene rings is 2. The first kappa shape index (κ1) is 18.2. The summed E-state index contributed by atoms with van der Waals surface area (Å²) in [6.45, 7) is 0. The van der Waals surface area contributed by atoms with Crippen LogP contribution >= 0.6 is 39.1 Å². The second kappa shape index (κ2) is 6.28. The van der Waals surface area contributed by atoms with Crippen molar-refractivity contribution in [3.8, 4) is 5.69 Å². The zero-order chi connectivity index (χ0) is 18.5. The van der Waals surface area contributed by atoms with Crippen LogP contribution in [-0.2, 0) is 9.84 Å². The molecule has 0 fully saturated rings. The Labute approximate surface area is 161 Å². The standard InChI is InChI=1S/C15H10BrCl2N3O3S/c1-25(23,24)13-6-12(10(17)5-9(13)15(19)22)21-11-3-2-7(16)4-8(11)14(18)20-21/h2-6H,1H3,(H2,19,22). The molecule has 1 heterocycles. The Morgan fingerprint density at radius 3 is 2.52 bits per heavy atom.